The van der Waals surface area contributed by atoms with Crippen molar-refractivity contribution in [3.63, 3.8) is 0 Å². The summed E-state index contributed by atoms with van der Waals surface area (Å²) in [6.07, 6.45) is -4.73. The number of methoxy groups -OCH3 is 1. The van der Waals surface area contributed by atoms with Gasteiger partial charge in [0.15, 0.2) is 0 Å². The molecule has 1 heterocycles. The highest BCUT2D eigenvalue weighted by atomic mass is 19.4. The van der Waals surface area contributed by atoms with Crippen LogP contribution in [0.2, 0.25) is 0 Å². The molecule has 0 amide bonds. The number of carbonyl (C=O) groups is 1. The molecular weight excluding hydrogens is 237 g/mol. The molecule has 0 radical (unpaired) electrons. The molecule has 0 aliphatic rings. The van der Waals surface area contributed by atoms with Crippen molar-refractivity contribution in [3.8, 4) is 0 Å². The van der Waals surface area contributed by atoms with Gasteiger partial charge in [-0.15, -0.1) is 0 Å². The van der Waals surface area contributed by atoms with Crippen LogP contribution in [0.4, 0.5) is 13.2 Å². The van der Waals surface area contributed by atoms with Gasteiger partial charge in [0.25, 0.3) is 0 Å². The first-order valence-electron chi connectivity index (χ1n) is 4.62. The monoisotopic (exact) mass is 244 g/mol. The highest BCUT2D eigenvalue weighted by molar-refractivity contribution is 6.04. The third kappa shape index (κ3) is 1.86. The second kappa shape index (κ2) is 3.80. The number of benzene rings is 1. The van der Waals surface area contributed by atoms with Crippen molar-refractivity contribution in [3.05, 3.63) is 35.6 Å². The van der Waals surface area contributed by atoms with Crippen molar-refractivity contribution in [1.29, 1.82) is 0 Å². The van der Waals surface area contributed by atoms with Gasteiger partial charge in [-0.1, -0.05) is 18.2 Å². The molecule has 0 atom stereocenters. The third-order valence-electron chi connectivity index (χ3n) is 2.24. The standard InChI is InChI=1S/C11H7F3O3/c1-16-10(15)8-6-4-2-3-5-7(6)17-9(8)11(12,13)14/h2-5H,1H3. The third-order valence-corrected chi connectivity index (χ3v) is 2.24. The number of halogens is 3. The first-order chi connectivity index (χ1) is 7.95. The molecule has 0 spiro atoms. The molecule has 0 aliphatic heterocycles. The largest absolute Gasteiger partial charge is 0.465 e. The summed E-state index contributed by atoms with van der Waals surface area (Å²) in [5, 5.41) is 0.0895. The van der Waals surface area contributed by atoms with E-state index in [1.54, 1.807) is 0 Å². The van der Waals surface area contributed by atoms with Gasteiger partial charge in [-0.25, -0.2) is 4.79 Å². The second-order valence-corrected chi connectivity index (χ2v) is 3.29. The van der Waals surface area contributed by atoms with Gasteiger partial charge in [-0.05, 0) is 6.07 Å². The zero-order valence-electron chi connectivity index (χ0n) is 8.67. The molecule has 1 aromatic heterocycles. The fourth-order valence-corrected chi connectivity index (χ4v) is 1.55. The van der Waals surface area contributed by atoms with Crippen molar-refractivity contribution in [1.82, 2.24) is 0 Å². The van der Waals surface area contributed by atoms with Crippen molar-refractivity contribution in [2.75, 3.05) is 7.11 Å². The Morgan fingerprint density at radius 2 is 1.94 bits per heavy atom. The highest BCUT2D eigenvalue weighted by Gasteiger charge is 2.41. The number of para-hydroxylation sites is 1. The first-order valence-corrected chi connectivity index (χ1v) is 4.62. The lowest BCUT2D eigenvalue weighted by atomic mass is 10.1. The lowest BCUT2D eigenvalue weighted by Gasteiger charge is -2.04. The molecule has 3 nitrogen and oxygen atoms in total. The maximum atomic E-state index is 12.7. The average Bonchev–Trinajstić information content (AvgIpc) is 2.67. The maximum Gasteiger partial charge on any atom is 0.450 e. The molecule has 2 rings (SSSR count). The molecular formula is C11H7F3O3. The first kappa shape index (κ1) is 11.5. The molecule has 6 heteroatoms. The summed E-state index contributed by atoms with van der Waals surface area (Å²) >= 11 is 0. The number of carbonyl (C=O) groups excluding carboxylic acids is 1. The van der Waals surface area contributed by atoms with Crippen LogP contribution in [0.1, 0.15) is 16.1 Å². The molecule has 0 bridgehead atoms. The predicted molar refractivity (Wildman–Crippen MR) is 52.6 cm³/mol. The quantitative estimate of drug-likeness (QED) is 0.723. The highest BCUT2D eigenvalue weighted by Crippen LogP contribution is 2.38. The lowest BCUT2D eigenvalue weighted by molar-refractivity contribution is -0.152. The summed E-state index contributed by atoms with van der Waals surface area (Å²) < 4.78 is 47.0. The topological polar surface area (TPSA) is 39.4 Å². The lowest BCUT2D eigenvalue weighted by Crippen LogP contribution is -2.11. The Balaban J connectivity index is 2.79. The fourth-order valence-electron chi connectivity index (χ4n) is 1.55. The Morgan fingerprint density at radius 1 is 1.29 bits per heavy atom. The minimum Gasteiger partial charge on any atom is -0.465 e. The fraction of sp³-hybridized carbons (Fsp3) is 0.182. The Kier molecular flexibility index (Phi) is 2.57. The maximum absolute atomic E-state index is 12.7. The summed E-state index contributed by atoms with van der Waals surface area (Å²) in [5.74, 6) is -2.40. The van der Waals surface area contributed by atoms with Crippen molar-refractivity contribution < 1.29 is 27.1 Å². The zero-order valence-corrected chi connectivity index (χ0v) is 8.67. The van der Waals surface area contributed by atoms with Crippen molar-refractivity contribution >= 4 is 16.9 Å². The molecule has 1 aromatic carbocycles. The summed E-state index contributed by atoms with van der Waals surface area (Å²) in [6, 6.07) is 5.77. The van der Waals surface area contributed by atoms with Gasteiger partial charge in [0, 0.05) is 5.39 Å². The Bertz CT molecular complexity index is 569. The van der Waals surface area contributed by atoms with E-state index < -0.39 is 23.5 Å². The molecule has 0 saturated heterocycles. The van der Waals surface area contributed by atoms with E-state index in [-0.39, 0.29) is 11.0 Å². The average molecular weight is 244 g/mol. The molecule has 90 valence electrons. The number of ether oxygens (including phenoxy) is 1. The number of furan rings is 1. The minimum atomic E-state index is -4.73. The predicted octanol–water partition coefficient (Wildman–Crippen LogP) is 3.24. The molecule has 17 heavy (non-hydrogen) atoms. The van der Waals surface area contributed by atoms with Crippen LogP contribution in [0.3, 0.4) is 0 Å². The van der Waals surface area contributed by atoms with Crippen LogP contribution in [-0.2, 0) is 10.9 Å². The van der Waals surface area contributed by atoms with E-state index in [4.69, 9.17) is 0 Å². The van der Waals surface area contributed by atoms with Gasteiger partial charge < -0.3 is 9.15 Å². The van der Waals surface area contributed by atoms with E-state index in [0.717, 1.165) is 7.11 Å². The Hall–Kier alpha value is -1.98. The van der Waals surface area contributed by atoms with Crippen LogP contribution in [-0.4, -0.2) is 13.1 Å². The molecule has 0 N–H and O–H groups in total. The van der Waals surface area contributed by atoms with Crippen LogP contribution < -0.4 is 0 Å². The van der Waals surface area contributed by atoms with E-state index >= 15 is 0 Å². The number of hydrogen-bond donors (Lipinski definition) is 0. The summed E-state index contributed by atoms with van der Waals surface area (Å²) in [7, 11) is 1.02. The molecule has 0 saturated carbocycles. The smallest absolute Gasteiger partial charge is 0.450 e. The number of esters is 1. The second-order valence-electron chi connectivity index (χ2n) is 3.29. The molecule has 0 aliphatic carbocycles. The zero-order chi connectivity index (χ0) is 12.6. The minimum absolute atomic E-state index is 0.000208. The van der Waals surface area contributed by atoms with E-state index in [1.165, 1.54) is 24.3 Å². The molecule has 0 fully saturated rings. The number of fused-ring (bicyclic) bond motifs is 1. The van der Waals surface area contributed by atoms with E-state index in [1.807, 2.05) is 0 Å². The van der Waals surface area contributed by atoms with Crippen molar-refractivity contribution in [2.24, 2.45) is 0 Å². The number of hydrogen-bond acceptors (Lipinski definition) is 3. The Labute approximate surface area is 93.8 Å². The number of rotatable bonds is 1. The van der Waals surface area contributed by atoms with Crippen LogP contribution in [0, 0.1) is 0 Å². The van der Waals surface area contributed by atoms with Crippen LogP contribution in [0.15, 0.2) is 28.7 Å². The van der Waals surface area contributed by atoms with Gasteiger partial charge >= 0.3 is 12.1 Å². The molecule has 2 aromatic rings. The SMILES string of the molecule is COC(=O)c1c(C(F)(F)F)oc2ccccc12. The van der Waals surface area contributed by atoms with Crippen LogP contribution in [0.5, 0.6) is 0 Å². The summed E-state index contributed by atoms with van der Waals surface area (Å²) in [5.41, 5.74) is -0.587. The van der Waals surface area contributed by atoms with Gasteiger partial charge in [-0.2, -0.15) is 13.2 Å². The van der Waals surface area contributed by atoms with E-state index in [0.29, 0.717) is 0 Å². The van der Waals surface area contributed by atoms with E-state index in [9.17, 15) is 18.0 Å². The van der Waals surface area contributed by atoms with Gasteiger partial charge in [0.2, 0.25) is 5.76 Å². The van der Waals surface area contributed by atoms with Crippen LogP contribution >= 0.6 is 0 Å². The van der Waals surface area contributed by atoms with E-state index in [2.05, 4.69) is 9.15 Å². The van der Waals surface area contributed by atoms with Crippen LogP contribution in [0.25, 0.3) is 11.0 Å². The Morgan fingerprint density at radius 3 is 2.53 bits per heavy atom. The van der Waals surface area contributed by atoms with Gasteiger partial charge in [0.05, 0.1) is 7.11 Å². The van der Waals surface area contributed by atoms with Crippen molar-refractivity contribution in [2.45, 2.75) is 6.18 Å². The molecule has 0 unspecified atom stereocenters. The number of alkyl halides is 3. The summed E-state index contributed by atoms with van der Waals surface area (Å²) in [6.45, 7) is 0. The normalized spacial score (nSPS) is 11.8. The van der Waals surface area contributed by atoms with Gasteiger partial charge in [0.1, 0.15) is 11.1 Å². The summed E-state index contributed by atoms with van der Waals surface area (Å²) in [4.78, 5) is 11.4. The van der Waals surface area contributed by atoms with Gasteiger partial charge in [-0.3, -0.25) is 0 Å².